The number of amides is 1. The number of furan rings is 1. The molecule has 0 N–H and O–H groups in total. The average Bonchev–Trinajstić information content (AvgIpc) is 2.83. The largest absolute Gasteiger partial charge is 0.457 e. The molecule has 1 aromatic heterocycles. The van der Waals surface area contributed by atoms with Crippen LogP contribution in [-0.4, -0.2) is 17.4 Å². The Hall–Kier alpha value is -1.55. The molecule has 1 aromatic carbocycles. The van der Waals surface area contributed by atoms with Gasteiger partial charge >= 0.3 is 0 Å². The number of benzene rings is 1. The van der Waals surface area contributed by atoms with Crippen LogP contribution < -0.4 is 0 Å². The van der Waals surface area contributed by atoms with Gasteiger partial charge in [-0.3, -0.25) is 4.79 Å². The first kappa shape index (κ1) is 13.9. The molecule has 1 amide bonds. The summed E-state index contributed by atoms with van der Waals surface area (Å²) in [5, 5.41) is 0. The van der Waals surface area contributed by atoms with Crippen molar-refractivity contribution in [3.63, 3.8) is 0 Å². The van der Waals surface area contributed by atoms with Gasteiger partial charge in [0.25, 0.3) is 5.91 Å². The van der Waals surface area contributed by atoms with Gasteiger partial charge in [-0.15, -0.1) is 0 Å². The Morgan fingerprint density at radius 1 is 1.32 bits per heavy atom. The zero-order chi connectivity index (χ0) is 13.8. The van der Waals surface area contributed by atoms with E-state index in [1.807, 2.05) is 19.1 Å². The van der Waals surface area contributed by atoms with Crippen molar-refractivity contribution in [2.24, 2.45) is 0 Å². The van der Waals surface area contributed by atoms with Crippen LogP contribution in [0.3, 0.4) is 0 Å². The van der Waals surface area contributed by atoms with Crippen molar-refractivity contribution < 1.29 is 9.21 Å². The number of carbonyl (C=O) groups is 1. The highest BCUT2D eigenvalue weighted by Gasteiger charge is 2.19. The minimum absolute atomic E-state index is 0.0219. The van der Waals surface area contributed by atoms with E-state index in [0.717, 1.165) is 5.56 Å². The van der Waals surface area contributed by atoms with Crippen molar-refractivity contribution in [3.05, 3.63) is 58.0 Å². The SMILES string of the molecule is CCN(Cc1ccccc1C)C(=O)c1ccoc1Br. The van der Waals surface area contributed by atoms with Crippen LogP contribution in [0.5, 0.6) is 0 Å². The average molecular weight is 322 g/mol. The van der Waals surface area contributed by atoms with E-state index >= 15 is 0 Å². The zero-order valence-electron chi connectivity index (χ0n) is 11.0. The maximum Gasteiger partial charge on any atom is 0.258 e. The summed E-state index contributed by atoms with van der Waals surface area (Å²) in [6.07, 6.45) is 1.51. The first-order valence-electron chi connectivity index (χ1n) is 6.20. The second kappa shape index (κ2) is 6.06. The molecule has 0 unspecified atom stereocenters. The van der Waals surface area contributed by atoms with Crippen LogP contribution in [0.4, 0.5) is 0 Å². The predicted octanol–water partition coefficient (Wildman–Crippen LogP) is 4.01. The summed E-state index contributed by atoms with van der Waals surface area (Å²) < 4.78 is 5.61. The first-order chi connectivity index (χ1) is 9.13. The Labute approximate surface area is 121 Å². The topological polar surface area (TPSA) is 33.5 Å². The third-order valence-electron chi connectivity index (χ3n) is 3.14. The first-order valence-corrected chi connectivity index (χ1v) is 6.99. The van der Waals surface area contributed by atoms with Gasteiger partial charge in [-0.2, -0.15) is 0 Å². The van der Waals surface area contributed by atoms with Gasteiger partial charge in [0.2, 0.25) is 0 Å². The summed E-state index contributed by atoms with van der Waals surface area (Å²) in [4.78, 5) is 14.2. The minimum Gasteiger partial charge on any atom is -0.457 e. The minimum atomic E-state index is -0.0219. The Bertz CT molecular complexity index is 577. The molecule has 0 aliphatic carbocycles. The summed E-state index contributed by atoms with van der Waals surface area (Å²) in [5.74, 6) is -0.0219. The normalized spacial score (nSPS) is 10.5. The van der Waals surface area contributed by atoms with Crippen LogP contribution in [0.1, 0.15) is 28.4 Å². The number of aryl methyl sites for hydroxylation is 1. The van der Waals surface area contributed by atoms with E-state index in [2.05, 4.69) is 35.0 Å². The number of rotatable bonds is 4. The van der Waals surface area contributed by atoms with Crippen LogP contribution in [0, 0.1) is 6.92 Å². The van der Waals surface area contributed by atoms with Crippen molar-refractivity contribution in [1.82, 2.24) is 4.90 Å². The molecular formula is C15H16BrNO2. The summed E-state index contributed by atoms with van der Waals surface area (Å²) in [7, 11) is 0. The lowest BCUT2D eigenvalue weighted by Gasteiger charge is -2.21. The Balaban J connectivity index is 2.20. The maximum atomic E-state index is 12.4. The van der Waals surface area contributed by atoms with Gasteiger partial charge in [-0.1, -0.05) is 24.3 Å². The summed E-state index contributed by atoms with van der Waals surface area (Å²) in [6, 6.07) is 9.79. The highest BCUT2D eigenvalue weighted by atomic mass is 79.9. The fourth-order valence-electron chi connectivity index (χ4n) is 1.94. The molecule has 0 fully saturated rings. The van der Waals surface area contributed by atoms with E-state index < -0.39 is 0 Å². The molecule has 0 saturated carbocycles. The molecule has 0 radical (unpaired) electrons. The Kier molecular flexibility index (Phi) is 4.43. The molecule has 0 saturated heterocycles. The van der Waals surface area contributed by atoms with Crippen molar-refractivity contribution in [1.29, 1.82) is 0 Å². The molecule has 4 heteroatoms. The number of nitrogens with zero attached hydrogens (tertiary/aromatic N) is 1. The molecule has 2 rings (SSSR count). The van der Waals surface area contributed by atoms with Crippen molar-refractivity contribution in [2.45, 2.75) is 20.4 Å². The van der Waals surface area contributed by atoms with Crippen LogP contribution in [-0.2, 0) is 6.54 Å². The lowest BCUT2D eigenvalue weighted by molar-refractivity contribution is 0.0750. The number of hydrogen-bond donors (Lipinski definition) is 0. The van der Waals surface area contributed by atoms with Crippen LogP contribution in [0.15, 0.2) is 45.7 Å². The van der Waals surface area contributed by atoms with E-state index in [-0.39, 0.29) is 5.91 Å². The maximum absolute atomic E-state index is 12.4. The highest BCUT2D eigenvalue weighted by Crippen LogP contribution is 2.21. The summed E-state index contributed by atoms with van der Waals surface area (Å²) in [5.41, 5.74) is 2.92. The van der Waals surface area contributed by atoms with Gasteiger partial charge < -0.3 is 9.32 Å². The second-order valence-electron chi connectivity index (χ2n) is 4.35. The molecule has 2 aromatic rings. The van der Waals surface area contributed by atoms with Crippen molar-refractivity contribution in [3.8, 4) is 0 Å². The number of carbonyl (C=O) groups excluding carboxylic acids is 1. The molecule has 0 spiro atoms. The fraction of sp³-hybridized carbons (Fsp3) is 0.267. The summed E-state index contributed by atoms with van der Waals surface area (Å²) >= 11 is 3.25. The van der Waals surface area contributed by atoms with E-state index in [1.165, 1.54) is 11.8 Å². The van der Waals surface area contributed by atoms with E-state index in [9.17, 15) is 4.79 Å². The van der Waals surface area contributed by atoms with Crippen LogP contribution in [0.2, 0.25) is 0 Å². The Morgan fingerprint density at radius 3 is 2.63 bits per heavy atom. The standard InChI is InChI=1S/C15H16BrNO2/c1-3-17(10-12-7-5-4-6-11(12)2)15(18)13-8-9-19-14(13)16/h4-9H,3,10H2,1-2H3. The smallest absolute Gasteiger partial charge is 0.258 e. The molecule has 0 aliphatic rings. The van der Waals surface area contributed by atoms with Crippen LogP contribution >= 0.6 is 15.9 Å². The fourth-order valence-corrected chi connectivity index (χ4v) is 2.35. The van der Waals surface area contributed by atoms with Gasteiger partial charge in [0.05, 0.1) is 11.8 Å². The number of halogens is 1. The quantitative estimate of drug-likeness (QED) is 0.852. The molecule has 0 atom stereocenters. The second-order valence-corrected chi connectivity index (χ2v) is 5.07. The molecule has 0 bridgehead atoms. The third-order valence-corrected chi connectivity index (χ3v) is 3.75. The van der Waals surface area contributed by atoms with Gasteiger partial charge in [0, 0.05) is 13.1 Å². The molecule has 19 heavy (non-hydrogen) atoms. The monoisotopic (exact) mass is 321 g/mol. The van der Waals surface area contributed by atoms with E-state index in [4.69, 9.17) is 4.42 Å². The molecule has 100 valence electrons. The lowest BCUT2D eigenvalue weighted by Crippen LogP contribution is -2.30. The Morgan fingerprint density at radius 2 is 2.05 bits per heavy atom. The molecule has 0 aliphatic heterocycles. The highest BCUT2D eigenvalue weighted by molar-refractivity contribution is 9.10. The number of hydrogen-bond acceptors (Lipinski definition) is 2. The van der Waals surface area contributed by atoms with E-state index in [1.54, 1.807) is 11.0 Å². The third kappa shape index (κ3) is 3.07. The summed E-state index contributed by atoms with van der Waals surface area (Å²) in [6.45, 7) is 5.30. The lowest BCUT2D eigenvalue weighted by atomic mass is 10.1. The van der Waals surface area contributed by atoms with Gasteiger partial charge in [-0.05, 0) is 47.0 Å². The molecular weight excluding hydrogens is 306 g/mol. The van der Waals surface area contributed by atoms with Crippen molar-refractivity contribution in [2.75, 3.05) is 6.54 Å². The van der Waals surface area contributed by atoms with Crippen molar-refractivity contribution >= 4 is 21.8 Å². The zero-order valence-corrected chi connectivity index (χ0v) is 12.6. The van der Waals surface area contributed by atoms with E-state index in [0.29, 0.717) is 23.3 Å². The van der Waals surface area contributed by atoms with Gasteiger partial charge in [0.15, 0.2) is 4.67 Å². The molecule has 3 nitrogen and oxygen atoms in total. The van der Waals surface area contributed by atoms with Gasteiger partial charge in [0.1, 0.15) is 0 Å². The van der Waals surface area contributed by atoms with Crippen LogP contribution in [0.25, 0.3) is 0 Å². The molecule has 1 heterocycles. The predicted molar refractivity (Wildman–Crippen MR) is 78.0 cm³/mol. The van der Waals surface area contributed by atoms with Gasteiger partial charge in [-0.25, -0.2) is 0 Å².